The molecule has 0 heterocycles. The highest BCUT2D eigenvalue weighted by atomic mass is 32.2. The molecule has 2 aromatic carbocycles. The lowest BCUT2D eigenvalue weighted by molar-refractivity contribution is 0.194. The zero-order chi connectivity index (χ0) is 18.4. The van der Waals surface area contributed by atoms with Crippen LogP contribution >= 0.6 is 0 Å². The van der Waals surface area contributed by atoms with E-state index in [9.17, 15) is 13.2 Å². The van der Waals surface area contributed by atoms with Crippen LogP contribution in [-0.4, -0.2) is 26.2 Å². The lowest BCUT2D eigenvalue weighted by atomic mass is 10.0. The molecule has 0 fully saturated rings. The van der Waals surface area contributed by atoms with Crippen LogP contribution in [0.4, 0.5) is 10.5 Å². The Morgan fingerprint density at radius 3 is 2.16 bits per heavy atom. The monoisotopic (exact) mass is 362 g/mol. The first-order valence-corrected chi connectivity index (χ1v) is 9.45. The van der Waals surface area contributed by atoms with E-state index in [0.717, 1.165) is 11.1 Å². The summed E-state index contributed by atoms with van der Waals surface area (Å²) < 4.78 is 27.4. The van der Waals surface area contributed by atoms with Crippen molar-refractivity contribution in [3.8, 4) is 0 Å². The van der Waals surface area contributed by atoms with E-state index < -0.39 is 16.1 Å². The van der Waals surface area contributed by atoms with Gasteiger partial charge in [-0.1, -0.05) is 38.1 Å². The molecule has 0 aliphatic heterocycles. The van der Waals surface area contributed by atoms with E-state index in [1.807, 2.05) is 12.1 Å². The van der Waals surface area contributed by atoms with Crippen LogP contribution in [0, 0.1) is 0 Å². The maximum Gasteiger partial charge on any atom is 0.404 e. The van der Waals surface area contributed by atoms with Crippen molar-refractivity contribution in [1.82, 2.24) is 5.32 Å². The fourth-order valence-corrected chi connectivity index (χ4v) is 3.36. The van der Waals surface area contributed by atoms with Gasteiger partial charge in [-0.15, -0.1) is 0 Å². The number of nitrogens with one attached hydrogen (secondary N) is 2. The first-order chi connectivity index (χ1) is 11.8. The number of benzene rings is 2. The fourth-order valence-electron chi connectivity index (χ4n) is 2.30. The Morgan fingerprint density at radius 1 is 1.04 bits per heavy atom. The van der Waals surface area contributed by atoms with Gasteiger partial charge in [0.05, 0.1) is 4.90 Å². The maximum atomic E-state index is 12.4. The van der Waals surface area contributed by atoms with Gasteiger partial charge in [0.25, 0.3) is 10.0 Å². The standard InChI is InChI=1S/C18H22N2O4S/c1-13(2)15-5-9-17(10-6-15)25(23,24)20-16-7-3-14(4-8-16)11-12-19-18(21)22/h3-10,13,19-20H,11-12H2,1-2H3,(H,21,22). The molecule has 2 rings (SSSR count). The molecule has 0 aliphatic carbocycles. The number of amides is 1. The molecule has 0 spiro atoms. The molecular weight excluding hydrogens is 340 g/mol. The summed E-state index contributed by atoms with van der Waals surface area (Å²) in [6, 6.07) is 13.7. The van der Waals surface area contributed by atoms with E-state index in [1.165, 1.54) is 0 Å². The molecule has 134 valence electrons. The molecule has 25 heavy (non-hydrogen) atoms. The third kappa shape index (κ3) is 5.49. The van der Waals surface area contributed by atoms with Crippen LogP contribution in [0.25, 0.3) is 0 Å². The smallest absolute Gasteiger partial charge is 0.404 e. The number of sulfonamides is 1. The first kappa shape index (κ1) is 18.8. The quantitative estimate of drug-likeness (QED) is 0.703. The number of hydrogen-bond acceptors (Lipinski definition) is 3. The predicted molar refractivity (Wildman–Crippen MR) is 97.5 cm³/mol. The van der Waals surface area contributed by atoms with Crippen LogP contribution < -0.4 is 10.0 Å². The van der Waals surface area contributed by atoms with Crippen molar-refractivity contribution >= 4 is 21.8 Å². The molecule has 0 atom stereocenters. The van der Waals surface area contributed by atoms with Crippen LogP contribution in [0.15, 0.2) is 53.4 Å². The predicted octanol–water partition coefficient (Wildman–Crippen LogP) is 3.42. The van der Waals surface area contributed by atoms with Crippen molar-refractivity contribution in [1.29, 1.82) is 0 Å². The molecule has 2 aromatic rings. The van der Waals surface area contributed by atoms with E-state index in [4.69, 9.17) is 5.11 Å². The molecule has 0 bridgehead atoms. The summed E-state index contributed by atoms with van der Waals surface area (Å²) in [5, 5.41) is 10.8. The molecule has 6 nitrogen and oxygen atoms in total. The van der Waals surface area contributed by atoms with Crippen molar-refractivity contribution in [3.05, 3.63) is 59.7 Å². The van der Waals surface area contributed by atoms with E-state index >= 15 is 0 Å². The lowest BCUT2D eigenvalue weighted by Gasteiger charge is -2.10. The van der Waals surface area contributed by atoms with Gasteiger partial charge in [-0.2, -0.15) is 0 Å². The van der Waals surface area contributed by atoms with Gasteiger partial charge in [0.1, 0.15) is 0 Å². The number of hydrogen-bond donors (Lipinski definition) is 3. The summed E-state index contributed by atoms with van der Waals surface area (Å²) in [5.41, 5.74) is 2.46. The fraction of sp³-hybridized carbons (Fsp3) is 0.278. The first-order valence-electron chi connectivity index (χ1n) is 7.96. The minimum atomic E-state index is -3.64. The number of rotatable bonds is 7. The van der Waals surface area contributed by atoms with Gasteiger partial charge >= 0.3 is 6.09 Å². The zero-order valence-corrected chi connectivity index (χ0v) is 15.0. The molecule has 0 aromatic heterocycles. The van der Waals surface area contributed by atoms with E-state index in [-0.39, 0.29) is 4.90 Å². The molecule has 0 saturated carbocycles. The largest absolute Gasteiger partial charge is 0.465 e. The maximum absolute atomic E-state index is 12.4. The molecule has 1 amide bonds. The van der Waals surface area contributed by atoms with Gasteiger partial charge in [-0.3, -0.25) is 4.72 Å². The van der Waals surface area contributed by atoms with Gasteiger partial charge in [0, 0.05) is 12.2 Å². The summed E-state index contributed by atoms with van der Waals surface area (Å²) in [6.45, 7) is 4.41. The third-order valence-corrected chi connectivity index (χ3v) is 5.15. The Labute approximate surface area is 147 Å². The number of anilines is 1. The Hall–Kier alpha value is -2.54. The second kappa shape index (κ2) is 8.02. The normalized spacial score (nSPS) is 11.3. The van der Waals surface area contributed by atoms with Crippen LogP contribution in [-0.2, 0) is 16.4 Å². The molecule has 0 radical (unpaired) electrons. The third-order valence-electron chi connectivity index (χ3n) is 3.75. The van der Waals surface area contributed by atoms with E-state index in [2.05, 4.69) is 23.9 Å². The number of carboxylic acid groups (broad SMARTS) is 1. The summed E-state index contributed by atoms with van der Waals surface area (Å²) in [5.74, 6) is 0.341. The minimum Gasteiger partial charge on any atom is -0.465 e. The van der Waals surface area contributed by atoms with E-state index in [0.29, 0.717) is 24.6 Å². The van der Waals surface area contributed by atoms with Crippen molar-refractivity contribution in [2.45, 2.75) is 31.1 Å². The van der Waals surface area contributed by atoms with Crippen molar-refractivity contribution in [2.24, 2.45) is 0 Å². The molecule has 0 unspecified atom stereocenters. The van der Waals surface area contributed by atoms with Crippen molar-refractivity contribution in [3.63, 3.8) is 0 Å². The second-order valence-electron chi connectivity index (χ2n) is 6.01. The SMILES string of the molecule is CC(C)c1ccc(S(=O)(=O)Nc2ccc(CCNC(=O)O)cc2)cc1. The molecule has 7 heteroatoms. The zero-order valence-electron chi connectivity index (χ0n) is 14.2. The van der Waals surface area contributed by atoms with Crippen LogP contribution in [0.3, 0.4) is 0 Å². The molecule has 0 aliphatic rings. The van der Waals surface area contributed by atoms with Crippen LogP contribution in [0.2, 0.25) is 0 Å². The topological polar surface area (TPSA) is 95.5 Å². The van der Waals surface area contributed by atoms with E-state index in [1.54, 1.807) is 36.4 Å². The summed E-state index contributed by atoms with van der Waals surface area (Å²) >= 11 is 0. The molecule has 0 saturated heterocycles. The van der Waals surface area contributed by atoms with Crippen LogP contribution in [0.1, 0.15) is 30.9 Å². The molecule has 3 N–H and O–H groups in total. The number of carbonyl (C=O) groups is 1. The van der Waals surface area contributed by atoms with Crippen molar-refractivity contribution < 1.29 is 18.3 Å². The summed E-state index contributed by atoms with van der Waals surface area (Å²) in [4.78, 5) is 10.6. The minimum absolute atomic E-state index is 0.214. The Balaban J connectivity index is 2.03. The van der Waals surface area contributed by atoms with Gasteiger partial charge < -0.3 is 10.4 Å². The highest BCUT2D eigenvalue weighted by molar-refractivity contribution is 7.92. The van der Waals surface area contributed by atoms with Crippen LogP contribution in [0.5, 0.6) is 0 Å². The van der Waals surface area contributed by atoms with Gasteiger partial charge in [0.2, 0.25) is 0 Å². The average Bonchev–Trinajstić information content (AvgIpc) is 2.56. The summed E-state index contributed by atoms with van der Waals surface area (Å²) in [6.07, 6.45) is -0.524. The highest BCUT2D eigenvalue weighted by Crippen LogP contribution is 2.20. The summed E-state index contributed by atoms with van der Waals surface area (Å²) in [7, 11) is -3.64. The molecular formula is C18H22N2O4S. The Bertz CT molecular complexity index is 813. The lowest BCUT2D eigenvalue weighted by Crippen LogP contribution is -2.23. The Kier molecular flexibility index (Phi) is 6.03. The van der Waals surface area contributed by atoms with Gasteiger partial charge in [-0.05, 0) is 47.7 Å². The van der Waals surface area contributed by atoms with Gasteiger partial charge in [0.15, 0.2) is 0 Å². The second-order valence-corrected chi connectivity index (χ2v) is 7.69. The Morgan fingerprint density at radius 2 is 1.64 bits per heavy atom. The highest BCUT2D eigenvalue weighted by Gasteiger charge is 2.14. The average molecular weight is 362 g/mol. The van der Waals surface area contributed by atoms with Crippen molar-refractivity contribution in [2.75, 3.05) is 11.3 Å². The van der Waals surface area contributed by atoms with Gasteiger partial charge in [-0.25, -0.2) is 13.2 Å².